The van der Waals surface area contributed by atoms with Gasteiger partial charge in [-0.15, -0.1) is 0 Å². The number of hydrogen-bond donors (Lipinski definition) is 4. The van der Waals surface area contributed by atoms with Crippen LogP contribution in [0.15, 0.2) is 61.1 Å². The molecule has 0 amide bonds. The largest absolute Gasteiger partial charge is 0.497 e. The summed E-state index contributed by atoms with van der Waals surface area (Å²) in [4.78, 5) is 12.5. The molecule has 0 aliphatic heterocycles. The highest BCUT2D eigenvalue weighted by molar-refractivity contribution is 6.60. The monoisotopic (exact) mass is 406 g/mol. The average Bonchev–Trinajstić information content (AvgIpc) is 3.28. The van der Waals surface area contributed by atoms with Gasteiger partial charge in [-0.05, 0) is 35.2 Å². The van der Waals surface area contributed by atoms with Gasteiger partial charge < -0.3 is 25.6 Å². The molecule has 0 fully saturated rings. The highest BCUT2D eigenvalue weighted by Crippen LogP contribution is 2.32. The Hall–Kier alpha value is -3.89. The molecule has 2 aromatic carbocycles. The third-order valence-electron chi connectivity index (χ3n) is 4.48. The Kier molecular flexibility index (Phi) is 6.30. The van der Waals surface area contributed by atoms with Crippen LogP contribution in [0, 0.1) is 0 Å². The van der Waals surface area contributed by atoms with Crippen LogP contribution in [0.5, 0.6) is 5.75 Å². The molecule has 0 saturated heterocycles. The molecule has 2 heterocycles. The molecule has 0 aliphatic carbocycles. The van der Waals surface area contributed by atoms with Crippen molar-refractivity contribution in [1.29, 1.82) is 0 Å². The number of fused-ring (bicyclic) bond motifs is 1. The van der Waals surface area contributed by atoms with Crippen molar-refractivity contribution in [2.24, 2.45) is 0 Å². The van der Waals surface area contributed by atoms with Crippen LogP contribution in [-0.2, 0) is 4.79 Å². The fourth-order valence-electron chi connectivity index (χ4n) is 3.17. The van der Waals surface area contributed by atoms with E-state index in [0.29, 0.717) is 11.6 Å². The molecule has 5 N–H and O–H groups in total. The Labute approximate surface area is 172 Å². The quantitative estimate of drug-likeness (QED) is 0.291. The van der Waals surface area contributed by atoms with Crippen LogP contribution in [0.2, 0.25) is 0 Å². The van der Waals surface area contributed by atoms with E-state index in [1.807, 2.05) is 36.5 Å². The fourth-order valence-corrected chi connectivity index (χ4v) is 3.17. The standard InChI is InChI=1S/C19H17BN4O3.CH2O2/c1-27-18-11-17(24-8-2-6-23-24)15(10-16(18)20(25)26)12-3-4-14-13(9-12)5-7-22-19(14)21;2-1-3/h2-11,25-26H,1H3,(H2,21,22);1H,(H,2,3). The fraction of sp³-hybridized carbons (Fsp3) is 0.0500. The van der Waals surface area contributed by atoms with Crippen molar-refractivity contribution < 1.29 is 24.7 Å². The second-order valence-corrected chi connectivity index (χ2v) is 6.17. The Morgan fingerprint density at radius 3 is 2.57 bits per heavy atom. The van der Waals surface area contributed by atoms with Gasteiger partial charge in [0.05, 0.1) is 12.8 Å². The second-order valence-electron chi connectivity index (χ2n) is 6.17. The molecule has 0 bridgehead atoms. The molecule has 10 heteroatoms. The number of nitrogen functional groups attached to an aromatic ring is 1. The molecule has 0 spiro atoms. The minimum atomic E-state index is -1.66. The normalized spacial score (nSPS) is 10.2. The van der Waals surface area contributed by atoms with Crippen LogP contribution in [0.3, 0.4) is 0 Å². The van der Waals surface area contributed by atoms with Gasteiger partial charge in [-0.2, -0.15) is 5.10 Å². The van der Waals surface area contributed by atoms with Gasteiger partial charge in [-0.1, -0.05) is 12.1 Å². The zero-order valence-corrected chi connectivity index (χ0v) is 16.0. The van der Waals surface area contributed by atoms with Gasteiger partial charge in [-0.25, -0.2) is 9.67 Å². The van der Waals surface area contributed by atoms with Gasteiger partial charge in [0.2, 0.25) is 0 Å². The predicted molar refractivity (Wildman–Crippen MR) is 114 cm³/mol. The number of ether oxygens (including phenoxy) is 1. The first kappa shape index (κ1) is 20.8. The van der Waals surface area contributed by atoms with Gasteiger partial charge in [0.25, 0.3) is 6.47 Å². The predicted octanol–water partition coefficient (Wildman–Crippen LogP) is 1.06. The van der Waals surface area contributed by atoms with E-state index >= 15 is 0 Å². The zero-order chi connectivity index (χ0) is 21.7. The van der Waals surface area contributed by atoms with Crippen LogP contribution in [0.25, 0.3) is 27.6 Å². The molecular weight excluding hydrogens is 387 g/mol. The van der Waals surface area contributed by atoms with Crippen molar-refractivity contribution in [3.8, 4) is 22.6 Å². The zero-order valence-electron chi connectivity index (χ0n) is 16.0. The number of aromatic nitrogens is 3. The first-order valence-corrected chi connectivity index (χ1v) is 8.80. The lowest BCUT2D eigenvalue weighted by molar-refractivity contribution is -0.122. The van der Waals surface area contributed by atoms with Crippen LogP contribution >= 0.6 is 0 Å². The first-order valence-electron chi connectivity index (χ1n) is 8.80. The van der Waals surface area contributed by atoms with E-state index in [1.54, 1.807) is 29.2 Å². The number of hydrogen-bond acceptors (Lipinski definition) is 7. The van der Waals surface area contributed by atoms with Gasteiger partial charge in [0, 0.05) is 41.1 Å². The smallest absolute Gasteiger partial charge is 0.492 e. The Morgan fingerprint density at radius 1 is 1.17 bits per heavy atom. The molecule has 0 unspecified atom stereocenters. The highest BCUT2D eigenvalue weighted by atomic mass is 16.5. The number of benzene rings is 2. The number of methoxy groups -OCH3 is 1. The van der Waals surface area contributed by atoms with Crippen LogP contribution in [-0.4, -0.2) is 50.6 Å². The molecule has 9 nitrogen and oxygen atoms in total. The number of carbonyl (C=O) groups is 1. The summed E-state index contributed by atoms with van der Waals surface area (Å²) in [5.74, 6) is 0.834. The van der Waals surface area contributed by atoms with E-state index < -0.39 is 7.12 Å². The minimum Gasteiger partial charge on any atom is -0.497 e. The third-order valence-corrected chi connectivity index (χ3v) is 4.48. The summed E-state index contributed by atoms with van der Waals surface area (Å²) in [6.07, 6.45) is 5.15. The van der Waals surface area contributed by atoms with E-state index in [-0.39, 0.29) is 11.9 Å². The Bertz CT molecular complexity index is 1170. The lowest BCUT2D eigenvalue weighted by atomic mass is 9.77. The summed E-state index contributed by atoms with van der Waals surface area (Å²) < 4.78 is 7.04. The van der Waals surface area contributed by atoms with E-state index in [4.69, 9.17) is 20.4 Å². The number of pyridine rings is 1. The van der Waals surface area contributed by atoms with Crippen LogP contribution < -0.4 is 15.9 Å². The Balaban J connectivity index is 0.000000806. The topological polar surface area (TPSA) is 144 Å². The SMILES string of the molecule is COc1cc(-n2cccn2)c(-c2ccc3c(N)nccc3c2)cc1B(O)O.O=CO. The molecule has 30 heavy (non-hydrogen) atoms. The van der Waals surface area contributed by atoms with Gasteiger partial charge >= 0.3 is 7.12 Å². The maximum atomic E-state index is 9.76. The maximum Gasteiger partial charge on any atom is 0.492 e. The molecule has 0 radical (unpaired) electrons. The van der Waals surface area contributed by atoms with Gasteiger partial charge in [-0.3, -0.25) is 4.79 Å². The summed E-state index contributed by atoms with van der Waals surface area (Å²) in [6.45, 7) is -0.250. The average molecular weight is 406 g/mol. The molecule has 2 aromatic heterocycles. The lowest BCUT2D eigenvalue weighted by Crippen LogP contribution is -2.31. The summed E-state index contributed by atoms with van der Waals surface area (Å²) in [5.41, 5.74) is 8.63. The van der Waals surface area contributed by atoms with Crippen molar-refractivity contribution in [3.63, 3.8) is 0 Å². The van der Waals surface area contributed by atoms with Crippen LogP contribution in [0.1, 0.15) is 0 Å². The molecule has 0 atom stereocenters. The van der Waals surface area contributed by atoms with Gasteiger partial charge in [0.1, 0.15) is 11.6 Å². The van der Waals surface area contributed by atoms with E-state index in [9.17, 15) is 10.0 Å². The van der Waals surface area contributed by atoms with Crippen molar-refractivity contribution in [2.45, 2.75) is 0 Å². The molecule has 0 aliphatic rings. The number of nitrogens with zero attached hydrogens (tertiary/aromatic N) is 3. The molecule has 0 saturated carbocycles. The Morgan fingerprint density at radius 2 is 1.93 bits per heavy atom. The number of carboxylic acid groups (broad SMARTS) is 1. The molecule has 4 aromatic rings. The van der Waals surface area contributed by atoms with Crippen molar-refractivity contribution in [2.75, 3.05) is 12.8 Å². The number of nitrogens with two attached hydrogens (primary N) is 1. The van der Waals surface area contributed by atoms with E-state index in [1.165, 1.54) is 7.11 Å². The first-order chi connectivity index (χ1) is 14.5. The van der Waals surface area contributed by atoms with Crippen molar-refractivity contribution in [1.82, 2.24) is 14.8 Å². The third kappa shape index (κ3) is 4.09. The second kappa shape index (κ2) is 9.08. The van der Waals surface area contributed by atoms with Crippen molar-refractivity contribution in [3.05, 3.63) is 61.1 Å². The van der Waals surface area contributed by atoms with Crippen LogP contribution in [0.4, 0.5) is 5.82 Å². The van der Waals surface area contributed by atoms with Gasteiger partial charge in [0.15, 0.2) is 0 Å². The molecule has 4 rings (SSSR count). The summed E-state index contributed by atoms with van der Waals surface area (Å²) in [6, 6.07) is 12.9. The number of rotatable bonds is 4. The molecule has 152 valence electrons. The number of anilines is 1. The highest BCUT2D eigenvalue weighted by Gasteiger charge is 2.21. The summed E-state index contributed by atoms with van der Waals surface area (Å²) >= 11 is 0. The van der Waals surface area contributed by atoms with Crippen molar-refractivity contribution >= 4 is 35.6 Å². The van der Waals surface area contributed by atoms with E-state index in [0.717, 1.165) is 27.6 Å². The minimum absolute atomic E-state index is 0.250. The summed E-state index contributed by atoms with van der Waals surface area (Å²) in [7, 11) is -0.176. The molecular formula is C20H19BN4O5. The van der Waals surface area contributed by atoms with E-state index in [2.05, 4.69) is 10.1 Å². The maximum absolute atomic E-state index is 9.76. The summed E-state index contributed by atoms with van der Waals surface area (Å²) in [5, 5.41) is 32.5. The lowest BCUT2D eigenvalue weighted by Gasteiger charge is -2.16.